The van der Waals surface area contributed by atoms with E-state index in [0.717, 1.165) is 0 Å². The van der Waals surface area contributed by atoms with Gasteiger partial charge in [-0.25, -0.2) is 4.98 Å². The summed E-state index contributed by atoms with van der Waals surface area (Å²) in [4.78, 5) is 3.90. The standard InChI is InChI=1S/C8H11F3N4OS/c9-8(10,11)4-16-3-1-2-15-5-13-7(14-15)6(12)17/h5H,1-4H2,(H2,12,17). The smallest absolute Gasteiger partial charge is 0.387 e. The van der Waals surface area contributed by atoms with E-state index in [1.807, 2.05) is 0 Å². The number of aromatic nitrogens is 3. The Bertz CT molecular complexity index is 379. The Morgan fingerprint density at radius 2 is 2.24 bits per heavy atom. The van der Waals surface area contributed by atoms with Gasteiger partial charge in [0.25, 0.3) is 0 Å². The van der Waals surface area contributed by atoms with Crippen molar-refractivity contribution in [3.05, 3.63) is 12.2 Å². The molecule has 2 N–H and O–H groups in total. The van der Waals surface area contributed by atoms with E-state index < -0.39 is 12.8 Å². The molecule has 0 saturated heterocycles. The molecule has 1 aromatic heterocycles. The lowest BCUT2D eigenvalue weighted by molar-refractivity contribution is -0.174. The van der Waals surface area contributed by atoms with Crippen LogP contribution in [0.3, 0.4) is 0 Å². The lowest BCUT2D eigenvalue weighted by atomic mass is 10.4. The maximum absolute atomic E-state index is 11.7. The van der Waals surface area contributed by atoms with Gasteiger partial charge in [0, 0.05) is 13.2 Å². The van der Waals surface area contributed by atoms with E-state index in [9.17, 15) is 13.2 Å². The van der Waals surface area contributed by atoms with Gasteiger partial charge in [0.1, 0.15) is 17.9 Å². The fourth-order valence-corrected chi connectivity index (χ4v) is 1.13. The number of ether oxygens (including phenoxy) is 1. The molecule has 0 aromatic carbocycles. The highest BCUT2D eigenvalue weighted by Gasteiger charge is 2.27. The minimum absolute atomic E-state index is 0.00176. The molecular weight excluding hydrogens is 257 g/mol. The highest BCUT2D eigenvalue weighted by atomic mass is 32.1. The molecule has 0 atom stereocenters. The van der Waals surface area contributed by atoms with E-state index in [4.69, 9.17) is 5.73 Å². The van der Waals surface area contributed by atoms with E-state index in [0.29, 0.717) is 13.0 Å². The molecule has 0 amide bonds. The Morgan fingerprint density at radius 3 is 2.76 bits per heavy atom. The summed E-state index contributed by atoms with van der Waals surface area (Å²) in [6, 6.07) is 0. The molecule has 0 bridgehead atoms. The van der Waals surface area contributed by atoms with Crippen LogP contribution < -0.4 is 5.73 Å². The predicted molar refractivity (Wildman–Crippen MR) is 57.4 cm³/mol. The first-order valence-electron chi connectivity index (χ1n) is 4.72. The second-order valence-electron chi connectivity index (χ2n) is 3.22. The van der Waals surface area contributed by atoms with Gasteiger partial charge in [0.05, 0.1) is 0 Å². The normalized spacial score (nSPS) is 11.7. The van der Waals surface area contributed by atoms with E-state index in [1.54, 1.807) is 0 Å². The lowest BCUT2D eigenvalue weighted by Gasteiger charge is -2.07. The van der Waals surface area contributed by atoms with Gasteiger partial charge in [-0.1, -0.05) is 12.2 Å². The molecule has 0 spiro atoms. The van der Waals surface area contributed by atoms with Gasteiger partial charge in [-0.05, 0) is 6.42 Å². The van der Waals surface area contributed by atoms with Gasteiger partial charge in [-0.15, -0.1) is 5.10 Å². The van der Waals surface area contributed by atoms with Gasteiger partial charge in [0.2, 0.25) is 5.82 Å². The van der Waals surface area contributed by atoms with Crippen LogP contribution in [-0.4, -0.2) is 39.1 Å². The first-order valence-corrected chi connectivity index (χ1v) is 5.13. The molecule has 1 heterocycles. The number of hydrogen-bond donors (Lipinski definition) is 1. The van der Waals surface area contributed by atoms with Crippen LogP contribution in [0.4, 0.5) is 13.2 Å². The Labute approximate surface area is 101 Å². The van der Waals surface area contributed by atoms with Crippen LogP contribution in [-0.2, 0) is 11.3 Å². The van der Waals surface area contributed by atoms with Crippen molar-refractivity contribution in [1.29, 1.82) is 0 Å². The Morgan fingerprint density at radius 1 is 1.53 bits per heavy atom. The second-order valence-corrected chi connectivity index (χ2v) is 3.66. The molecule has 0 radical (unpaired) electrons. The van der Waals surface area contributed by atoms with Crippen molar-refractivity contribution in [2.24, 2.45) is 5.73 Å². The molecule has 0 aliphatic carbocycles. The topological polar surface area (TPSA) is 66.0 Å². The minimum atomic E-state index is -4.29. The van der Waals surface area contributed by atoms with Crippen molar-refractivity contribution < 1.29 is 17.9 Å². The van der Waals surface area contributed by atoms with Gasteiger partial charge in [-0.3, -0.25) is 4.68 Å². The van der Waals surface area contributed by atoms with Gasteiger partial charge in [0.15, 0.2) is 0 Å². The third kappa shape index (κ3) is 5.59. The second kappa shape index (κ2) is 5.92. The molecule has 96 valence electrons. The molecule has 17 heavy (non-hydrogen) atoms. The number of hydrogen-bond acceptors (Lipinski definition) is 4. The number of halogens is 3. The molecule has 0 unspecified atom stereocenters. The first-order chi connectivity index (χ1) is 7.88. The largest absolute Gasteiger partial charge is 0.411 e. The highest BCUT2D eigenvalue weighted by Crippen LogP contribution is 2.14. The Hall–Kier alpha value is -1.22. The average Bonchev–Trinajstić information content (AvgIpc) is 2.64. The summed E-state index contributed by atoms with van der Waals surface area (Å²) in [6.07, 6.45) is -2.47. The average molecular weight is 268 g/mol. The molecule has 1 rings (SSSR count). The third-order valence-electron chi connectivity index (χ3n) is 1.70. The van der Waals surface area contributed by atoms with Crippen LogP contribution in [0.2, 0.25) is 0 Å². The van der Waals surface area contributed by atoms with Crippen molar-refractivity contribution in [2.45, 2.75) is 19.1 Å². The van der Waals surface area contributed by atoms with E-state index >= 15 is 0 Å². The summed E-state index contributed by atoms with van der Waals surface area (Å²) < 4.78 is 41.0. The van der Waals surface area contributed by atoms with Crippen LogP contribution >= 0.6 is 12.2 Å². The summed E-state index contributed by atoms with van der Waals surface area (Å²) in [5, 5.41) is 3.92. The number of thiocarbonyl (C=S) groups is 1. The summed E-state index contributed by atoms with van der Waals surface area (Å²) in [7, 11) is 0. The molecule has 5 nitrogen and oxygen atoms in total. The fourth-order valence-electron chi connectivity index (χ4n) is 1.03. The van der Waals surface area contributed by atoms with E-state index in [2.05, 4.69) is 27.0 Å². The first kappa shape index (κ1) is 13.8. The molecular formula is C8H11F3N4OS. The highest BCUT2D eigenvalue weighted by molar-refractivity contribution is 7.80. The third-order valence-corrected chi connectivity index (χ3v) is 1.88. The number of nitrogens with zero attached hydrogens (tertiary/aromatic N) is 3. The van der Waals surface area contributed by atoms with Crippen molar-refractivity contribution in [3.63, 3.8) is 0 Å². The van der Waals surface area contributed by atoms with Crippen molar-refractivity contribution in [1.82, 2.24) is 14.8 Å². The molecule has 9 heteroatoms. The van der Waals surface area contributed by atoms with Crippen molar-refractivity contribution in [3.8, 4) is 0 Å². The summed E-state index contributed by atoms with van der Waals surface area (Å²) in [5.41, 5.74) is 5.29. The zero-order chi connectivity index (χ0) is 12.9. The molecule has 0 saturated carbocycles. The Balaban J connectivity index is 2.20. The van der Waals surface area contributed by atoms with Crippen molar-refractivity contribution in [2.75, 3.05) is 13.2 Å². The lowest BCUT2D eigenvalue weighted by Crippen LogP contribution is -2.18. The SMILES string of the molecule is NC(=S)c1ncn(CCCOCC(F)(F)F)n1. The van der Waals surface area contributed by atoms with Crippen LogP contribution in [0.5, 0.6) is 0 Å². The number of alkyl halides is 3. The van der Waals surface area contributed by atoms with Crippen LogP contribution in [0, 0.1) is 0 Å². The van der Waals surface area contributed by atoms with E-state index in [-0.39, 0.29) is 17.4 Å². The molecule has 0 fully saturated rings. The summed E-state index contributed by atoms with van der Waals surface area (Å²) in [5.74, 6) is 0.246. The fraction of sp³-hybridized carbons (Fsp3) is 0.625. The maximum atomic E-state index is 11.7. The number of aryl methyl sites for hydroxylation is 1. The van der Waals surface area contributed by atoms with Crippen LogP contribution in [0.25, 0.3) is 0 Å². The minimum Gasteiger partial charge on any atom is -0.387 e. The molecule has 1 aromatic rings. The zero-order valence-electron chi connectivity index (χ0n) is 8.78. The number of rotatable bonds is 6. The monoisotopic (exact) mass is 268 g/mol. The van der Waals surface area contributed by atoms with Crippen molar-refractivity contribution >= 4 is 17.2 Å². The maximum Gasteiger partial charge on any atom is 0.411 e. The van der Waals surface area contributed by atoms with Gasteiger partial charge < -0.3 is 10.5 Å². The molecule has 0 aliphatic rings. The van der Waals surface area contributed by atoms with Crippen LogP contribution in [0.15, 0.2) is 6.33 Å². The Kier molecular flexibility index (Phi) is 4.82. The van der Waals surface area contributed by atoms with Gasteiger partial charge in [-0.2, -0.15) is 13.2 Å². The van der Waals surface area contributed by atoms with E-state index in [1.165, 1.54) is 11.0 Å². The summed E-state index contributed by atoms with van der Waals surface area (Å²) >= 11 is 4.66. The zero-order valence-corrected chi connectivity index (χ0v) is 9.59. The van der Waals surface area contributed by atoms with Crippen LogP contribution in [0.1, 0.15) is 12.2 Å². The van der Waals surface area contributed by atoms with Gasteiger partial charge >= 0.3 is 6.18 Å². The predicted octanol–water partition coefficient (Wildman–Crippen LogP) is 0.881. The number of nitrogens with two attached hydrogens (primary N) is 1. The molecule has 0 aliphatic heterocycles. The summed E-state index contributed by atoms with van der Waals surface area (Å²) in [6.45, 7) is -0.836. The quantitative estimate of drug-likeness (QED) is 0.613.